The Morgan fingerprint density at radius 1 is 1.33 bits per heavy atom. The zero-order valence-electron chi connectivity index (χ0n) is 11.6. The number of rotatable bonds is 7. The molecule has 0 saturated carbocycles. The summed E-state index contributed by atoms with van der Waals surface area (Å²) in [5.41, 5.74) is -1.80. The van der Waals surface area contributed by atoms with Gasteiger partial charge in [0.05, 0.1) is 17.1 Å². The summed E-state index contributed by atoms with van der Waals surface area (Å²) in [4.78, 5) is 11.2. The highest BCUT2D eigenvalue weighted by molar-refractivity contribution is 5.59. The molecule has 0 amide bonds. The van der Waals surface area contributed by atoms with Crippen molar-refractivity contribution in [2.45, 2.75) is 25.9 Å². The molecular formula is C13H17F3N2O3. The van der Waals surface area contributed by atoms with Gasteiger partial charge in [0, 0.05) is 30.9 Å². The standard InChI is InChI=1S/C13H17F3N2O3/c1-2-3-6-17(7-8-19)12-5-4-10(18(20)21)9-11(12)13(14,15)16/h4-5,9,19H,2-3,6-8H2,1H3. The Kier molecular flexibility index (Phi) is 5.95. The first-order valence-electron chi connectivity index (χ1n) is 6.52. The van der Waals surface area contributed by atoms with Gasteiger partial charge in [0.2, 0.25) is 0 Å². The molecule has 0 atom stereocenters. The lowest BCUT2D eigenvalue weighted by Crippen LogP contribution is -2.30. The van der Waals surface area contributed by atoms with Crippen LogP contribution >= 0.6 is 0 Å². The zero-order chi connectivity index (χ0) is 16.0. The van der Waals surface area contributed by atoms with Crippen molar-refractivity contribution in [3.8, 4) is 0 Å². The number of halogens is 3. The third-order valence-electron chi connectivity index (χ3n) is 2.99. The fraction of sp³-hybridized carbons (Fsp3) is 0.538. The molecule has 0 spiro atoms. The molecule has 0 unspecified atom stereocenters. The summed E-state index contributed by atoms with van der Waals surface area (Å²) in [6.07, 6.45) is -3.24. The van der Waals surface area contributed by atoms with Gasteiger partial charge in [-0.1, -0.05) is 13.3 Å². The number of hydrogen-bond acceptors (Lipinski definition) is 4. The Hall–Kier alpha value is -1.83. The second-order valence-corrected chi connectivity index (χ2v) is 4.52. The van der Waals surface area contributed by atoms with Crippen LogP contribution in [0, 0.1) is 10.1 Å². The van der Waals surface area contributed by atoms with E-state index in [-0.39, 0.29) is 18.8 Å². The highest BCUT2D eigenvalue weighted by Crippen LogP contribution is 2.38. The maximum Gasteiger partial charge on any atom is 0.418 e. The van der Waals surface area contributed by atoms with E-state index in [9.17, 15) is 23.3 Å². The number of benzene rings is 1. The summed E-state index contributed by atoms with van der Waals surface area (Å²) in [6, 6.07) is 2.67. The molecule has 0 aliphatic carbocycles. The zero-order valence-corrected chi connectivity index (χ0v) is 11.6. The van der Waals surface area contributed by atoms with Crippen molar-refractivity contribution in [2.24, 2.45) is 0 Å². The minimum atomic E-state index is -4.69. The fourth-order valence-electron chi connectivity index (χ4n) is 1.96. The summed E-state index contributed by atoms with van der Waals surface area (Å²) in [7, 11) is 0. The lowest BCUT2D eigenvalue weighted by Gasteiger charge is -2.27. The Morgan fingerprint density at radius 3 is 2.48 bits per heavy atom. The van der Waals surface area contributed by atoms with Gasteiger partial charge in [-0.25, -0.2) is 0 Å². The second-order valence-electron chi connectivity index (χ2n) is 4.52. The van der Waals surface area contributed by atoms with E-state index in [2.05, 4.69) is 0 Å². The van der Waals surface area contributed by atoms with E-state index in [1.165, 1.54) is 4.90 Å². The first-order valence-corrected chi connectivity index (χ1v) is 6.52. The van der Waals surface area contributed by atoms with Gasteiger partial charge < -0.3 is 10.0 Å². The van der Waals surface area contributed by atoms with Crippen LogP contribution in [0.1, 0.15) is 25.3 Å². The molecule has 118 valence electrons. The van der Waals surface area contributed by atoms with Crippen molar-refractivity contribution in [3.63, 3.8) is 0 Å². The first kappa shape index (κ1) is 17.2. The molecule has 0 saturated heterocycles. The number of alkyl halides is 3. The van der Waals surface area contributed by atoms with E-state index in [0.29, 0.717) is 19.0 Å². The van der Waals surface area contributed by atoms with Crippen molar-refractivity contribution in [3.05, 3.63) is 33.9 Å². The smallest absolute Gasteiger partial charge is 0.395 e. The van der Waals surface area contributed by atoms with E-state index in [4.69, 9.17) is 5.11 Å². The van der Waals surface area contributed by atoms with Gasteiger partial charge in [-0.2, -0.15) is 13.2 Å². The van der Waals surface area contributed by atoms with Gasteiger partial charge >= 0.3 is 6.18 Å². The van der Waals surface area contributed by atoms with Crippen LogP contribution in [0.2, 0.25) is 0 Å². The topological polar surface area (TPSA) is 66.6 Å². The summed E-state index contributed by atoms with van der Waals surface area (Å²) < 4.78 is 39.3. The van der Waals surface area contributed by atoms with Crippen LogP contribution in [-0.2, 0) is 6.18 Å². The fourth-order valence-corrected chi connectivity index (χ4v) is 1.96. The summed E-state index contributed by atoms with van der Waals surface area (Å²) in [6.45, 7) is 1.99. The van der Waals surface area contributed by atoms with Crippen molar-refractivity contribution in [1.29, 1.82) is 0 Å². The number of aliphatic hydroxyl groups excluding tert-OH is 1. The van der Waals surface area contributed by atoms with Gasteiger partial charge in [0.25, 0.3) is 5.69 Å². The third-order valence-corrected chi connectivity index (χ3v) is 2.99. The SMILES string of the molecule is CCCCN(CCO)c1ccc([N+](=O)[O-])cc1C(F)(F)F. The quantitative estimate of drug-likeness (QED) is 0.620. The molecule has 8 heteroatoms. The number of hydrogen-bond donors (Lipinski definition) is 1. The van der Waals surface area contributed by atoms with Crippen molar-refractivity contribution in [2.75, 3.05) is 24.6 Å². The number of nitro benzene ring substituents is 1. The lowest BCUT2D eigenvalue weighted by molar-refractivity contribution is -0.385. The monoisotopic (exact) mass is 306 g/mol. The minimum Gasteiger partial charge on any atom is -0.395 e. The Balaban J connectivity index is 3.27. The molecule has 0 bridgehead atoms. The minimum absolute atomic E-state index is 0.0426. The van der Waals surface area contributed by atoms with Crippen LogP contribution in [0.25, 0.3) is 0 Å². The van der Waals surface area contributed by atoms with E-state index in [1.54, 1.807) is 0 Å². The molecule has 0 heterocycles. The highest BCUT2D eigenvalue weighted by Gasteiger charge is 2.36. The maximum absolute atomic E-state index is 13.1. The summed E-state index contributed by atoms with van der Waals surface area (Å²) in [5.74, 6) is 0. The molecule has 1 aromatic carbocycles. The molecule has 0 radical (unpaired) electrons. The van der Waals surface area contributed by atoms with Crippen LogP contribution in [0.3, 0.4) is 0 Å². The molecule has 1 rings (SSSR count). The maximum atomic E-state index is 13.1. The Bertz CT molecular complexity index is 492. The molecule has 5 nitrogen and oxygen atoms in total. The first-order chi connectivity index (χ1) is 9.81. The number of anilines is 1. The molecule has 0 aliphatic rings. The van der Waals surface area contributed by atoms with Crippen LogP contribution in [0.4, 0.5) is 24.5 Å². The molecule has 1 aromatic rings. The van der Waals surface area contributed by atoms with Gasteiger partial charge in [-0.3, -0.25) is 10.1 Å². The van der Waals surface area contributed by atoms with E-state index >= 15 is 0 Å². The summed E-state index contributed by atoms with van der Waals surface area (Å²) >= 11 is 0. The summed E-state index contributed by atoms with van der Waals surface area (Å²) in [5, 5.41) is 19.6. The van der Waals surface area contributed by atoms with Crippen LogP contribution in [-0.4, -0.2) is 29.7 Å². The van der Waals surface area contributed by atoms with Crippen molar-refractivity contribution >= 4 is 11.4 Å². The number of nitrogens with zero attached hydrogens (tertiary/aromatic N) is 2. The van der Waals surface area contributed by atoms with Crippen molar-refractivity contribution in [1.82, 2.24) is 0 Å². The average molecular weight is 306 g/mol. The largest absolute Gasteiger partial charge is 0.418 e. The van der Waals surface area contributed by atoms with Gasteiger partial charge in [0.15, 0.2) is 0 Å². The van der Waals surface area contributed by atoms with Gasteiger partial charge in [-0.15, -0.1) is 0 Å². The molecule has 1 N–H and O–H groups in total. The Labute approximate surface area is 120 Å². The molecule has 0 fully saturated rings. The van der Waals surface area contributed by atoms with E-state index < -0.39 is 22.4 Å². The third kappa shape index (κ3) is 4.59. The molecule has 21 heavy (non-hydrogen) atoms. The van der Waals surface area contributed by atoms with Crippen molar-refractivity contribution < 1.29 is 23.2 Å². The predicted molar refractivity (Wildman–Crippen MR) is 72.3 cm³/mol. The van der Waals surface area contributed by atoms with Crippen LogP contribution in [0.15, 0.2) is 18.2 Å². The van der Waals surface area contributed by atoms with Crippen LogP contribution in [0.5, 0.6) is 0 Å². The Morgan fingerprint density at radius 2 is 2.00 bits per heavy atom. The van der Waals surface area contributed by atoms with Crippen LogP contribution < -0.4 is 4.90 Å². The number of aliphatic hydroxyl groups is 1. The lowest BCUT2D eigenvalue weighted by atomic mass is 10.1. The number of unbranched alkanes of at least 4 members (excludes halogenated alkanes) is 1. The predicted octanol–water partition coefficient (Wildman–Crippen LogP) is 3.21. The number of non-ortho nitro benzene ring substituents is 1. The molecule has 0 aliphatic heterocycles. The second kappa shape index (κ2) is 7.26. The van der Waals surface area contributed by atoms with E-state index in [1.807, 2.05) is 6.92 Å². The number of nitro groups is 1. The van der Waals surface area contributed by atoms with E-state index in [0.717, 1.165) is 18.6 Å². The normalized spacial score (nSPS) is 11.5. The van der Waals surface area contributed by atoms with Gasteiger partial charge in [-0.05, 0) is 12.5 Å². The average Bonchev–Trinajstić information content (AvgIpc) is 2.41. The molecule has 0 aromatic heterocycles. The van der Waals surface area contributed by atoms with Gasteiger partial charge in [0.1, 0.15) is 0 Å². The highest BCUT2D eigenvalue weighted by atomic mass is 19.4. The molecular weight excluding hydrogens is 289 g/mol.